The van der Waals surface area contributed by atoms with Crippen LogP contribution in [0.3, 0.4) is 0 Å². The number of carbonyl (C=O) groups is 2. The third kappa shape index (κ3) is 3.68. The molecule has 3 amide bonds. The van der Waals surface area contributed by atoms with Crippen molar-refractivity contribution in [3.05, 3.63) is 58.9 Å². The Morgan fingerprint density at radius 3 is 2.79 bits per heavy atom. The minimum absolute atomic E-state index is 0.0117. The molecular formula is C20H18N4O4S. The zero-order valence-electron chi connectivity index (χ0n) is 15.6. The quantitative estimate of drug-likeness (QED) is 0.511. The van der Waals surface area contributed by atoms with Crippen LogP contribution in [0.5, 0.6) is 5.75 Å². The van der Waals surface area contributed by atoms with Crippen LogP contribution in [0.1, 0.15) is 0 Å². The average molecular weight is 410 g/mol. The fourth-order valence-corrected chi connectivity index (χ4v) is 3.99. The summed E-state index contributed by atoms with van der Waals surface area (Å²) in [5.41, 5.74) is 0.893. The molecule has 0 unspecified atom stereocenters. The number of imide groups is 1. The number of rotatable bonds is 5. The first kappa shape index (κ1) is 19.0. The Bertz CT molecular complexity index is 1160. The van der Waals surface area contributed by atoms with Gasteiger partial charge in [-0.3, -0.25) is 19.1 Å². The van der Waals surface area contributed by atoms with E-state index in [1.54, 1.807) is 55.6 Å². The standard InChI is InChI=1S/C20H18N4O4S/c1-28-14-6-4-5-13(11-14)24-18(26)15-7-2-3-8-16(15)22-20(24)29-12-17(25)23-10-9-21-19(23)27/h2-8,11H,9-10,12H2,1H3,(H,21,27). The molecule has 0 radical (unpaired) electrons. The highest BCUT2D eigenvalue weighted by molar-refractivity contribution is 7.99. The van der Waals surface area contributed by atoms with Gasteiger partial charge in [0.1, 0.15) is 5.75 Å². The Kier molecular flexibility index (Phi) is 5.22. The molecule has 0 aliphatic carbocycles. The van der Waals surface area contributed by atoms with Gasteiger partial charge in [0, 0.05) is 19.2 Å². The lowest BCUT2D eigenvalue weighted by Crippen LogP contribution is -2.35. The monoisotopic (exact) mass is 410 g/mol. The van der Waals surface area contributed by atoms with Crippen LogP contribution < -0.4 is 15.6 Å². The number of methoxy groups -OCH3 is 1. The lowest BCUT2D eigenvalue weighted by molar-refractivity contribution is -0.124. The molecule has 0 bridgehead atoms. The lowest BCUT2D eigenvalue weighted by Gasteiger charge is -2.15. The molecule has 4 rings (SSSR count). The van der Waals surface area contributed by atoms with Crippen molar-refractivity contribution in [3.63, 3.8) is 0 Å². The van der Waals surface area contributed by atoms with E-state index in [2.05, 4.69) is 10.3 Å². The molecule has 29 heavy (non-hydrogen) atoms. The normalized spacial score (nSPS) is 13.6. The van der Waals surface area contributed by atoms with Gasteiger partial charge in [-0.1, -0.05) is 30.0 Å². The summed E-state index contributed by atoms with van der Waals surface area (Å²) in [7, 11) is 1.55. The molecule has 8 nitrogen and oxygen atoms in total. The summed E-state index contributed by atoms with van der Waals surface area (Å²) in [5, 5.41) is 3.45. The van der Waals surface area contributed by atoms with E-state index in [9.17, 15) is 14.4 Å². The predicted molar refractivity (Wildman–Crippen MR) is 110 cm³/mol. The minimum atomic E-state index is -0.396. The van der Waals surface area contributed by atoms with E-state index >= 15 is 0 Å². The zero-order valence-corrected chi connectivity index (χ0v) is 16.4. The van der Waals surface area contributed by atoms with Crippen LogP contribution in [-0.4, -0.2) is 52.3 Å². The summed E-state index contributed by atoms with van der Waals surface area (Å²) in [4.78, 5) is 43.1. The van der Waals surface area contributed by atoms with Crippen molar-refractivity contribution < 1.29 is 14.3 Å². The van der Waals surface area contributed by atoms with Gasteiger partial charge < -0.3 is 10.1 Å². The Labute approximate surface area is 170 Å². The Hall–Kier alpha value is -3.33. The van der Waals surface area contributed by atoms with Crippen LogP contribution in [-0.2, 0) is 4.79 Å². The summed E-state index contributed by atoms with van der Waals surface area (Å²) >= 11 is 1.12. The molecule has 9 heteroatoms. The van der Waals surface area contributed by atoms with Gasteiger partial charge in [-0.2, -0.15) is 0 Å². The number of fused-ring (bicyclic) bond motifs is 1. The third-order valence-corrected chi connectivity index (χ3v) is 5.46. The molecular weight excluding hydrogens is 392 g/mol. The van der Waals surface area contributed by atoms with Gasteiger partial charge in [0.25, 0.3) is 5.56 Å². The number of hydrogen-bond acceptors (Lipinski definition) is 6. The smallest absolute Gasteiger partial charge is 0.324 e. The maximum Gasteiger partial charge on any atom is 0.324 e. The van der Waals surface area contributed by atoms with Crippen molar-refractivity contribution in [2.24, 2.45) is 0 Å². The second-order valence-electron chi connectivity index (χ2n) is 6.32. The van der Waals surface area contributed by atoms with E-state index in [1.807, 2.05) is 0 Å². The van der Waals surface area contributed by atoms with Crippen molar-refractivity contribution >= 4 is 34.6 Å². The van der Waals surface area contributed by atoms with Crippen LogP contribution >= 0.6 is 11.8 Å². The molecule has 1 saturated heterocycles. The number of para-hydroxylation sites is 1. The molecule has 2 aromatic carbocycles. The Morgan fingerprint density at radius 2 is 2.03 bits per heavy atom. The van der Waals surface area contributed by atoms with E-state index in [0.717, 1.165) is 11.8 Å². The number of amides is 3. The Morgan fingerprint density at radius 1 is 1.21 bits per heavy atom. The predicted octanol–water partition coefficient (Wildman–Crippen LogP) is 2.04. The topological polar surface area (TPSA) is 93.5 Å². The molecule has 148 valence electrons. The van der Waals surface area contributed by atoms with Crippen LogP contribution in [0.15, 0.2) is 58.5 Å². The van der Waals surface area contributed by atoms with Crippen LogP contribution in [0.4, 0.5) is 4.79 Å². The molecule has 0 atom stereocenters. The van der Waals surface area contributed by atoms with E-state index in [0.29, 0.717) is 40.6 Å². The van der Waals surface area contributed by atoms with Gasteiger partial charge in [-0.05, 0) is 24.3 Å². The summed E-state index contributed by atoms with van der Waals surface area (Å²) in [5.74, 6) is 0.259. The molecule has 1 aliphatic heterocycles. The highest BCUT2D eigenvalue weighted by Crippen LogP contribution is 2.24. The van der Waals surface area contributed by atoms with Gasteiger partial charge in [-0.15, -0.1) is 0 Å². The highest BCUT2D eigenvalue weighted by Gasteiger charge is 2.26. The highest BCUT2D eigenvalue weighted by atomic mass is 32.2. The number of thioether (sulfide) groups is 1. The molecule has 0 spiro atoms. The van der Waals surface area contributed by atoms with Crippen molar-refractivity contribution in [2.75, 3.05) is 26.0 Å². The van der Waals surface area contributed by atoms with Crippen molar-refractivity contribution in [3.8, 4) is 11.4 Å². The van der Waals surface area contributed by atoms with Crippen molar-refractivity contribution in [1.29, 1.82) is 0 Å². The van der Waals surface area contributed by atoms with Gasteiger partial charge in [-0.25, -0.2) is 9.78 Å². The summed E-state index contributed by atoms with van der Waals surface area (Å²) in [6.07, 6.45) is 0. The second kappa shape index (κ2) is 7.96. The number of aromatic nitrogens is 2. The van der Waals surface area contributed by atoms with E-state index in [1.165, 1.54) is 9.47 Å². The molecule has 1 aliphatic rings. The number of hydrogen-bond donors (Lipinski definition) is 1. The Balaban J connectivity index is 1.76. The summed E-state index contributed by atoms with van der Waals surface area (Å²) in [6.45, 7) is 0.782. The second-order valence-corrected chi connectivity index (χ2v) is 7.26. The molecule has 0 saturated carbocycles. The minimum Gasteiger partial charge on any atom is -0.497 e. The fraction of sp³-hybridized carbons (Fsp3) is 0.200. The number of nitrogens with one attached hydrogen (secondary N) is 1. The number of ether oxygens (including phenoxy) is 1. The fourth-order valence-electron chi connectivity index (χ4n) is 3.10. The third-order valence-electron chi connectivity index (χ3n) is 4.54. The summed E-state index contributed by atoms with van der Waals surface area (Å²) < 4.78 is 6.74. The van der Waals surface area contributed by atoms with Gasteiger partial charge >= 0.3 is 6.03 Å². The molecule has 3 aromatic rings. The zero-order chi connectivity index (χ0) is 20.4. The number of carbonyl (C=O) groups excluding carboxylic acids is 2. The van der Waals surface area contributed by atoms with E-state index in [-0.39, 0.29) is 17.2 Å². The van der Waals surface area contributed by atoms with E-state index in [4.69, 9.17) is 4.74 Å². The van der Waals surface area contributed by atoms with Crippen molar-refractivity contribution in [1.82, 2.24) is 19.8 Å². The lowest BCUT2D eigenvalue weighted by atomic mass is 10.2. The maximum absolute atomic E-state index is 13.2. The first-order valence-corrected chi connectivity index (χ1v) is 9.94. The molecule has 2 heterocycles. The number of nitrogens with zero attached hydrogens (tertiary/aromatic N) is 3. The van der Waals surface area contributed by atoms with Gasteiger partial charge in [0.2, 0.25) is 5.91 Å². The number of benzene rings is 2. The molecule has 1 N–H and O–H groups in total. The first-order valence-electron chi connectivity index (χ1n) is 8.95. The van der Waals surface area contributed by atoms with Gasteiger partial charge in [0.05, 0.1) is 29.5 Å². The summed E-state index contributed by atoms with van der Waals surface area (Å²) in [6, 6.07) is 13.7. The van der Waals surface area contributed by atoms with Crippen LogP contribution in [0, 0.1) is 0 Å². The SMILES string of the molecule is COc1cccc(-n2c(SCC(=O)N3CCNC3=O)nc3ccccc3c2=O)c1. The van der Waals surface area contributed by atoms with Gasteiger partial charge in [0.15, 0.2) is 5.16 Å². The number of urea groups is 1. The largest absolute Gasteiger partial charge is 0.497 e. The van der Waals surface area contributed by atoms with Crippen LogP contribution in [0.25, 0.3) is 16.6 Å². The average Bonchev–Trinajstić information content (AvgIpc) is 3.18. The van der Waals surface area contributed by atoms with Crippen LogP contribution in [0.2, 0.25) is 0 Å². The molecule has 1 fully saturated rings. The first-order chi connectivity index (χ1) is 14.1. The van der Waals surface area contributed by atoms with Crippen molar-refractivity contribution in [2.45, 2.75) is 5.16 Å². The molecule has 1 aromatic heterocycles. The van der Waals surface area contributed by atoms with E-state index < -0.39 is 6.03 Å². The maximum atomic E-state index is 13.2.